The van der Waals surface area contributed by atoms with E-state index in [1.807, 2.05) is 30.3 Å². The summed E-state index contributed by atoms with van der Waals surface area (Å²) < 4.78 is 5.99. The van der Waals surface area contributed by atoms with E-state index in [1.165, 1.54) is 5.56 Å². The second-order valence-electron chi connectivity index (χ2n) is 4.80. The Morgan fingerprint density at radius 2 is 1.95 bits per heavy atom. The Kier molecular flexibility index (Phi) is 4.53. The Balaban J connectivity index is 2.31. The van der Waals surface area contributed by atoms with E-state index in [1.54, 1.807) is 6.20 Å². The number of hydrogen-bond donors (Lipinski definition) is 1. The van der Waals surface area contributed by atoms with Gasteiger partial charge in [-0.1, -0.05) is 38.1 Å². The average Bonchev–Trinajstić information content (AvgIpc) is 2.42. The quantitative estimate of drug-likeness (QED) is 0.890. The molecule has 0 atom stereocenters. The van der Waals surface area contributed by atoms with Crippen LogP contribution in [0.4, 0.5) is 0 Å². The van der Waals surface area contributed by atoms with Crippen molar-refractivity contribution >= 4 is 0 Å². The summed E-state index contributed by atoms with van der Waals surface area (Å²) in [4.78, 5) is 4.32. The molecule has 0 bridgehead atoms. The van der Waals surface area contributed by atoms with E-state index in [9.17, 15) is 0 Å². The van der Waals surface area contributed by atoms with E-state index in [0.717, 1.165) is 17.7 Å². The van der Waals surface area contributed by atoms with Crippen LogP contribution in [0.1, 0.15) is 30.9 Å². The molecule has 1 heterocycles. The highest BCUT2D eigenvalue weighted by atomic mass is 16.5. The Hall–Kier alpha value is -1.87. The van der Waals surface area contributed by atoms with Crippen molar-refractivity contribution in [3.63, 3.8) is 0 Å². The standard InChI is InChI=1S/C16H20N2O/c1-12(2)14-7-3-4-8-15(14)19-16-13(9-10-17)6-5-11-18-16/h3-8,11-12H,9-10,17H2,1-2H3. The second-order valence-corrected chi connectivity index (χ2v) is 4.80. The molecule has 2 rings (SSSR count). The maximum absolute atomic E-state index is 5.99. The van der Waals surface area contributed by atoms with Crippen molar-refractivity contribution in [1.82, 2.24) is 4.98 Å². The third-order valence-electron chi connectivity index (χ3n) is 3.01. The van der Waals surface area contributed by atoms with Gasteiger partial charge < -0.3 is 10.5 Å². The van der Waals surface area contributed by atoms with Crippen LogP contribution in [0.3, 0.4) is 0 Å². The van der Waals surface area contributed by atoms with E-state index < -0.39 is 0 Å². The predicted molar refractivity (Wildman–Crippen MR) is 77.6 cm³/mol. The highest BCUT2D eigenvalue weighted by Gasteiger charge is 2.10. The van der Waals surface area contributed by atoms with Gasteiger partial charge in [-0.15, -0.1) is 0 Å². The monoisotopic (exact) mass is 256 g/mol. The number of aromatic nitrogens is 1. The molecule has 0 fully saturated rings. The van der Waals surface area contributed by atoms with Gasteiger partial charge in [0.25, 0.3) is 0 Å². The van der Waals surface area contributed by atoms with E-state index in [2.05, 4.69) is 24.9 Å². The molecule has 3 heteroatoms. The normalized spacial score (nSPS) is 10.7. The molecule has 19 heavy (non-hydrogen) atoms. The summed E-state index contributed by atoms with van der Waals surface area (Å²) in [6.45, 7) is 4.90. The van der Waals surface area contributed by atoms with Crippen LogP contribution in [-0.2, 0) is 6.42 Å². The van der Waals surface area contributed by atoms with Crippen LogP contribution >= 0.6 is 0 Å². The van der Waals surface area contributed by atoms with Crippen molar-refractivity contribution < 1.29 is 4.74 Å². The van der Waals surface area contributed by atoms with Crippen molar-refractivity contribution in [2.75, 3.05) is 6.54 Å². The zero-order chi connectivity index (χ0) is 13.7. The van der Waals surface area contributed by atoms with Crippen LogP contribution in [0.2, 0.25) is 0 Å². The third-order valence-corrected chi connectivity index (χ3v) is 3.01. The molecule has 3 nitrogen and oxygen atoms in total. The maximum Gasteiger partial charge on any atom is 0.222 e. The van der Waals surface area contributed by atoms with Crippen molar-refractivity contribution in [2.45, 2.75) is 26.2 Å². The Bertz CT molecular complexity index is 538. The number of nitrogens with zero attached hydrogens (tertiary/aromatic N) is 1. The summed E-state index contributed by atoms with van der Waals surface area (Å²) in [5.74, 6) is 1.94. The van der Waals surface area contributed by atoms with Crippen molar-refractivity contribution in [1.29, 1.82) is 0 Å². The lowest BCUT2D eigenvalue weighted by atomic mass is 10.0. The number of para-hydroxylation sites is 1. The molecule has 0 saturated heterocycles. The van der Waals surface area contributed by atoms with Gasteiger partial charge in [-0.2, -0.15) is 0 Å². The molecule has 1 aromatic carbocycles. The molecular formula is C16H20N2O. The SMILES string of the molecule is CC(C)c1ccccc1Oc1ncccc1CCN. The number of rotatable bonds is 5. The minimum absolute atomic E-state index is 0.415. The number of benzene rings is 1. The van der Waals surface area contributed by atoms with Crippen LogP contribution < -0.4 is 10.5 Å². The van der Waals surface area contributed by atoms with Gasteiger partial charge in [0, 0.05) is 11.8 Å². The highest BCUT2D eigenvalue weighted by molar-refractivity contribution is 5.39. The van der Waals surface area contributed by atoms with Gasteiger partial charge in [-0.3, -0.25) is 0 Å². The largest absolute Gasteiger partial charge is 0.438 e. The molecule has 0 unspecified atom stereocenters. The van der Waals surface area contributed by atoms with Crippen LogP contribution in [0.15, 0.2) is 42.6 Å². The smallest absolute Gasteiger partial charge is 0.222 e. The first kappa shape index (κ1) is 13.6. The molecule has 0 saturated carbocycles. The summed E-state index contributed by atoms with van der Waals surface area (Å²) in [5.41, 5.74) is 7.85. The molecule has 0 aliphatic rings. The Morgan fingerprint density at radius 1 is 1.16 bits per heavy atom. The zero-order valence-electron chi connectivity index (χ0n) is 11.5. The van der Waals surface area contributed by atoms with Crippen LogP contribution in [0, 0.1) is 0 Å². The molecule has 100 valence electrons. The van der Waals surface area contributed by atoms with Gasteiger partial charge in [-0.25, -0.2) is 4.98 Å². The molecule has 0 spiro atoms. The number of pyridine rings is 1. The summed E-state index contributed by atoms with van der Waals surface area (Å²) in [5, 5.41) is 0. The topological polar surface area (TPSA) is 48.1 Å². The molecule has 0 aliphatic carbocycles. The Labute approximate surface area is 114 Å². The molecule has 2 aromatic rings. The lowest BCUT2D eigenvalue weighted by Crippen LogP contribution is -2.05. The van der Waals surface area contributed by atoms with E-state index in [-0.39, 0.29) is 0 Å². The minimum atomic E-state index is 0.415. The first-order chi connectivity index (χ1) is 9.22. The summed E-state index contributed by atoms with van der Waals surface area (Å²) in [6, 6.07) is 12.0. The second kappa shape index (κ2) is 6.34. The summed E-state index contributed by atoms with van der Waals surface area (Å²) in [7, 11) is 0. The minimum Gasteiger partial charge on any atom is -0.438 e. The number of ether oxygens (including phenoxy) is 1. The first-order valence-electron chi connectivity index (χ1n) is 6.63. The van der Waals surface area contributed by atoms with Gasteiger partial charge in [0.05, 0.1) is 0 Å². The number of hydrogen-bond acceptors (Lipinski definition) is 3. The summed E-state index contributed by atoms with van der Waals surface area (Å²) >= 11 is 0. The fraction of sp³-hybridized carbons (Fsp3) is 0.312. The van der Waals surface area contributed by atoms with Gasteiger partial charge in [-0.05, 0) is 36.6 Å². The van der Waals surface area contributed by atoms with Gasteiger partial charge >= 0.3 is 0 Å². The fourth-order valence-corrected chi connectivity index (χ4v) is 2.02. The zero-order valence-corrected chi connectivity index (χ0v) is 11.5. The van der Waals surface area contributed by atoms with Crippen LogP contribution in [0.5, 0.6) is 11.6 Å². The average molecular weight is 256 g/mol. The lowest BCUT2D eigenvalue weighted by Gasteiger charge is -2.14. The van der Waals surface area contributed by atoms with Crippen molar-refractivity contribution in [3.8, 4) is 11.6 Å². The molecule has 0 radical (unpaired) electrons. The van der Waals surface area contributed by atoms with Gasteiger partial charge in [0.1, 0.15) is 5.75 Å². The van der Waals surface area contributed by atoms with Crippen LogP contribution in [-0.4, -0.2) is 11.5 Å². The highest BCUT2D eigenvalue weighted by Crippen LogP contribution is 2.30. The predicted octanol–water partition coefficient (Wildman–Crippen LogP) is 3.50. The maximum atomic E-state index is 5.99. The molecular weight excluding hydrogens is 236 g/mol. The van der Waals surface area contributed by atoms with Crippen molar-refractivity contribution in [2.24, 2.45) is 5.73 Å². The van der Waals surface area contributed by atoms with E-state index >= 15 is 0 Å². The van der Waals surface area contributed by atoms with Crippen molar-refractivity contribution in [3.05, 3.63) is 53.7 Å². The first-order valence-corrected chi connectivity index (χ1v) is 6.63. The molecule has 1 aromatic heterocycles. The molecule has 2 N–H and O–H groups in total. The van der Waals surface area contributed by atoms with Crippen LogP contribution in [0.25, 0.3) is 0 Å². The molecule has 0 amide bonds. The van der Waals surface area contributed by atoms with Gasteiger partial charge in [0.2, 0.25) is 5.88 Å². The van der Waals surface area contributed by atoms with Gasteiger partial charge in [0.15, 0.2) is 0 Å². The molecule has 0 aliphatic heterocycles. The van der Waals surface area contributed by atoms with E-state index in [4.69, 9.17) is 10.5 Å². The van der Waals surface area contributed by atoms with E-state index in [0.29, 0.717) is 18.3 Å². The summed E-state index contributed by atoms with van der Waals surface area (Å²) in [6.07, 6.45) is 2.51. The lowest BCUT2D eigenvalue weighted by molar-refractivity contribution is 0.448. The fourth-order valence-electron chi connectivity index (χ4n) is 2.02. The number of nitrogens with two attached hydrogens (primary N) is 1. The Morgan fingerprint density at radius 3 is 2.68 bits per heavy atom. The third kappa shape index (κ3) is 3.32.